The van der Waals surface area contributed by atoms with Crippen molar-refractivity contribution in [2.24, 2.45) is 10.7 Å². The molecule has 9 nitrogen and oxygen atoms in total. The number of benzene rings is 1. The molecule has 4 amide bonds. The van der Waals surface area contributed by atoms with Gasteiger partial charge in [-0.25, -0.2) is 9.79 Å². The molecule has 0 aromatic heterocycles. The summed E-state index contributed by atoms with van der Waals surface area (Å²) in [7, 11) is 1.61. The summed E-state index contributed by atoms with van der Waals surface area (Å²) in [6.07, 6.45) is -0.582. The number of anilines is 1. The number of urea groups is 1. The van der Waals surface area contributed by atoms with Crippen molar-refractivity contribution in [2.75, 3.05) is 11.9 Å². The van der Waals surface area contributed by atoms with Crippen LogP contribution in [-0.2, 0) is 4.79 Å². The van der Waals surface area contributed by atoms with Crippen molar-refractivity contribution in [1.82, 2.24) is 15.1 Å². The zero-order valence-electron chi connectivity index (χ0n) is 14.6. The minimum atomic E-state index is -0.599. The van der Waals surface area contributed by atoms with Crippen LogP contribution in [-0.4, -0.2) is 52.9 Å². The SMILES string of the molecule is CC1=C(C)N2C(=NC3C2C(=O)NC(=O)N3C)N1c1ccc(C(N)=O)cc1. The quantitative estimate of drug-likeness (QED) is 0.799. The minimum Gasteiger partial charge on any atom is -0.366 e. The number of amides is 4. The molecule has 3 N–H and O–H groups in total. The Balaban J connectivity index is 1.77. The summed E-state index contributed by atoms with van der Waals surface area (Å²) in [5.41, 5.74) is 8.30. The van der Waals surface area contributed by atoms with E-state index >= 15 is 0 Å². The third kappa shape index (κ3) is 2.03. The molecular weight excluding hydrogens is 336 g/mol. The van der Waals surface area contributed by atoms with Crippen molar-refractivity contribution in [3.05, 3.63) is 41.2 Å². The monoisotopic (exact) mass is 354 g/mol. The number of nitrogens with one attached hydrogen (secondary N) is 1. The number of rotatable bonds is 2. The molecule has 2 unspecified atom stereocenters. The second-order valence-corrected chi connectivity index (χ2v) is 6.48. The Morgan fingerprint density at radius 1 is 1.15 bits per heavy atom. The molecule has 0 bridgehead atoms. The minimum absolute atomic E-state index is 0.366. The molecule has 3 aliphatic rings. The van der Waals surface area contributed by atoms with Crippen LogP contribution in [0.2, 0.25) is 0 Å². The van der Waals surface area contributed by atoms with Crippen molar-refractivity contribution in [3.63, 3.8) is 0 Å². The first-order valence-electron chi connectivity index (χ1n) is 8.13. The second kappa shape index (κ2) is 5.32. The molecule has 0 saturated carbocycles. The van der Waals surface area contributed by atoms with Gasteiger partial charge in [0.25, 0.3) is 5.91 Å². The lowest BCUT2D eigenvalue weighted by atomic mass is 10.1. The van der Waals surface area contributed by atoms with Gasteiger partial charge < -0.3 is 10.6 Å². The molecule has 1 fully saturated rings. The van der Waals surface area contributed by atoms with Gasteiger partial charge in [0.05, 0.1) is 0 Å². The highest BCUT2D eigenvalue weighted by Gasteiger charge is 2.53. The van der Waals surface area contributed by atoms with Gasteiger partial charge in [0.1, 0.15) is 0 Å². The topological polar surface area (TPSA) is 111 Å². The number of fused-ring (bicyclic) bond motifs is 3. The molecular formula is C17H18N6O3. The summed E-state index contributed by atoms with van der Waals surface area (Å²) in [5, 5.41) is 2.36. The number of primary amides is 1. The van der Waals surface area contributed by atoms with Crippen LogP contribution in [0.3, 0.4) is 0 Å². The molecule has 0 spiro atoms. The highest BCUT2D eigenvalue weighted by molar-refractivity contribution is 6.10. The Labute approximate surface area is 149 Å². The Morgan fingerprint density at radius 3 is 2.42 bits per heavy atom. The normalized spacial score (nSPS) is 24.6. The van der Waals surface area contributed by atoms with E-state index in [2.05, 4.69) is 10.3 Å². The van der Waals surface area contributed by atoms with Crippen molar-refractivity contribution < 1.29 is 14.4 Å². The maximum Gasteiger partial charge on any atom is 0.325 e. The van der Waals surface area contributed by atoms with E-state index in [1.54, 1.807) is 31.3 Å². The van der Waals surface area contributed by atoms with E-state index in [0.717, 1.165) is 17.1 Å². The summed E-state index contributed by atoms with van der Waals surface area (Å²) >= 11 is 0. The molecule has 3 heterocycles. The van der Waals surface area contributed by atoms with Crippen LogP contribution in [0.5, 0.6) is 0 Å². The summed E-state index contributed by atoms with van der Waals surface area (Å²) in [5.74, 6) is -0.280. The Hall–Kier alpha value is -3.36. The highest BCUT2D eigenvalue weighted by atomic mass is 16.2. The van der Waals surface area contributed by atoms with Crippen LogP contribution in [0, 0.1) is 0 Å². The van der Waals surface area contributed by atoms with Gasteiger partial charge in [-0.1, -0.05) is 0 Å². The fourth-order valence-electron chi connectivity index (χ4n) is 3.54. The number of guanidine groups is 1. The predicted molar refractivity (Wildman–Crippen MR) is 94.0 cm³/mol. The zero-order chi connectivity index (χ0) is 18.7. The fourth-order valence-corrected chi connectivity index (χ4v) is 3.54. The number of aliphatic imine (C=N–C) groups is 1. The molecule has 1 aromatic rings. The molecule has 0 radical (unpaired) electrons. The summed E-state index contributed by atoms with van der Waals surface area (Å²) < 4.78 is 0. The lowest BCUT2D eigenvalue weighted by molar-refractivity contribution is -0.126. The van der Waals surface area contributed by atoms with Crippen LogP contribution >= 0.6 is 0 Å². The summed E-state index contributed by atoms with van der Waals surface area (Å²) in [4.78, 5) is 45.4. The number of hydrogen-bond acceptors (Lipinski definition) is 6. The molecule has 1 aromatic carbocycles. The van der Waals surface area contributed by atoms with E-state index in [0.29, 0.717) is 11.5 Å². The Bertz CT molecular complexity index is 904. The first-order chi connectivity index (χ1) is 12.3. The number of nitrogens with zero attached hydrogens (tertiary/aromatic N) is 4. The number of carbonyl (C=O) groups is 3. The lowest BCUT2D eigenvalue weighted by Gasteiger charge is -2.35. The molecule has 9 heteroatoms. The average Bonchev–Trinajstić information content (AvgIpc) is 3.10. The van der Waals surface area contributed by atoms with Gasteiger partial charge in [0.2, 0.25) is 11.9 Å². The van der Waals surface area contributed by atoms with Gasteiger partial charge in [-0.2, -0.15) is 0 Å². The van der Waals surface area contributed by atoms with Crippen LogP contribution in [0.4, 0.5) is 10.5 Å². The largest absolute Gasteiger partial charge is 0.366 e. The number of imide groups is 1. The number of likely N-dealkylation sites (N-methyl/N-ethyl adjacent to an activating group) is 1. The third-order valence-corrected chi connectivity index (χ3v) is 5.07. The molecule has 0 aliphatic carbocycles. The van der Waals surface area contributed by atoms with Crippen LogP contribution in [0.15, 0.2) is 40.7 Å². The zero-order valence-corrected chi connectivity index (χ0v) is 14.6. The van der Waals surface area contributed by atoms with Crippen LogP contribution in [0.1, 0.15) is 24.2 Å². The first-order valence-corrected chi connectivity index (χ1v) is 8.13. The average molecular weight is 354 g/mol. The van der Waals surface area contributed by atoms with E-state index < -0.39 is 24.1 Å². The van der Waals surface area contributed by atoms with Gasteiger partial charge in [-0.3, -0.25) is 24.7 Å². The fraction of sp³-hybridized carbons (Fsp3) is 0.294. The number of carbonyl (C=O) groups excluding carboxylic acids is 3. The van der Waals surface area contributed by atoms with Gasteiger partial charge in [-0.15, -0.1) is 0 Å². The van der Waals surface area contributed by atoms with E-state index in [4.69, 9.17) is 5.73 Å². The van der Waals surface area contributed by atoms with E-state index in [1.807, 2.05) is 23.6 Å². The van der Waals surface area contributed by atoms with Gasteiger partial charge in [0.15, 0.2) is 12.2 Å². The lowest BCUT2D eigenvalue weighted by Crippen LogP contribution is -2.63. The molecule has 1 saturated heterocycles. The van der Waals surface area contributed by atoms with Gasteiger partial charge in [0, 0.05) is 29.7 Å². The summed E-state index contributed by atoms with van der Waals surface area (Å²) in [6.45, 7) is 3.84. The Kier molecular flexibility index (Phi) is 3.30. The molecule has 2 atom stereocenters. The van der Waals surface area contributed by atoms with Gasteiger partial charge >= 0.3 is 6.03 Å². The molecule has 26 heavy (non-hydrogen) atoms. The van der Waals surface area contributed by atoms with Crippen molar-refractivity contribution in [3.8, 4) is 0 Å². The Morgan fingerprint density at radius 2 is 1.81 bits per heavy atom. The number of hydrogen-bond donors (Lipinski definition) is 2. The van der Waals surface area contributed by atoms with Crippen molar-refractivity contribution >= 4 is 29.5 Å². The maximum atomic E-state index is 12.4. The standard InChI is InChI=1S/C17H18N6O3/c1-8-9(2)23-12-14(21(3)17(26)20-15(12)25)19-16(23)22(8)11-6-4-10(5-7-11)13(18)24/h4-7,12,14H,1-3H3,(H2,18,24)(H,20,25,26). The molecule has 3 aliphatic heterocycles. The van der Waals surface area contributed by atoms with Crippen molar-refractivity contribution in [2.45, 2.75) is 26.1 Å². The third-order valence-electron chi connectivity index (χ3n) is 5.07. The van der Waals surface area contributed by atoms with Crippen molar-refractivity contribution in [1.29, 1.82) is 0 Å². The van der Waals surface area contributed by atoms with Gasteiger partial charge in [-0.05, 0) is 38.1 Å². The molecule has 4 rings (SSSR count). The van der Waals surface area contributed by atoms with E-state index in [-0.39, 0.29) is 5.91 Å². The smallest absolute Gasteiger partial charge is 0.325 e. The van der Waals surface area contributed by atoms with Crippen LogP contribution < -0.4 is 16.0 Å². The predicted octanol–water partition coefficient (Wildman–Crippen LogP) is 0.405. The maximum absolute atomic E-state index is 12.4. The first kappa shape index (κ1) is 16.1. The second-order valence-electron chi connectivity index (χ2n) is 6.48. The molecule has 134 valence electrons. The van der Waals surface area contributed by atoms with E-state index in [1.165, 1.54) is 4.90 Å². The highest BCUT2D eigenvalue weighted by Crippen LogP contribution is 2.38. The summed E-state index contributed by atoms with van der Waals surface area (Å²) in [6, 6.07) is 5.79. The van der Waals surface area contributed by atoms with E-state index in [9.17, 15) is 14.4 Å². The van der Waals surface area contributed by atoms with Crippen LogP contribution in [0.25, 0.3) is 0 Å². The number of nitrogens with two attached hydrogens (primary N) is 1. The number of allylic oxidation sites excluding steroid dienone is 2.